The number of ether oxygens (including phenoxy) is 3. The molecule has 1 atom stereocenters. The first-order valence-electron chi connectivity index (χ1n) is 7.74. The second-order valence-electron chi connectivity index (χ2n) is 5.28. The van der Waals surface area contributed by atoms with Crippen molar-refractivity contribution in [2.75, 3.05) is 20.8 Å². The van der Waals surface area contributed by atoms with E-state index in [1.165, 1.54) is 12.1 Å². The highest BCUT2D eigenvalue weighted by Crippen LogP contribution is 2.10. The van der Waals surface area contributed by atoms with Gasteiger partial charge in [-0.2, -0.15) is 0 Å². The van der Waals surface area contributed by atoms with Crippen LogP contribution in [0.4, 0.5) is 0 Å². The van der Waals surface area contributed by atoms with Gasteiger partial charge in [0, 0.05) is 6.42 Å². The summed E-state index contributed by atoms with van der Waals surface area (Å²) in [6.45, 7) is 0.0828. The van der Waals surface area contributed by atoms with E-state index in [1.54, 1.807) is 12.1 Å². The molecule has 0 saturated carbocycles. The molecule has 9 nitrogen and oxygen atoms in total. The van der Waals surface area contributed by atoms with Crippen molar-refractivity contribution >= 4 is 23.8 Å². The van der Waals surface area contributed by atoms with Crippen LogP contribution in [-0.4, -0.2) is 55.8 Å². The number of aromatic hydroxyl groups is 1. The van der Waals surface area contributed by atoms with Gasteiger partial charge in [-0.25, -0.2) is 4.79 Å². The summed E-state index contributed by atoms with van der Waals surface area (Å²) in [5.74, 6) is -3.38. The maximum Gasteiger partial charge on any atom is 0.396 e. The highest BCUT2D eigenvalue weighted by molar-refractivity contribution is 6.32. The fourth-order valence-corrected chi connectivity index (χ4v) is 2.00. The minimum absolute atomic E-state index is 0.0828. The number of hydrogen-bond acceptors (Lipinski definition) is 8. The molecule has 0 fully saturated rings. The van der Waals surface area contributed by atoms with E-state index in [0.29, 0.717) is 6.42 Å². The zero-order valence-corrected chi connectivity index (χ0v) is 14.5. The lowest BCUT2D eigenvalue weighted by atomic mass is 10.1. The Morgan fingerprint density at radius 1 is 1.00 bits per heavy atom. The minimum Gasteiger partial charge on any atom is -0.508 e. The lowest BCUT2D eigenvalue weighted by molar-refractivity contribution is -0.154. The van der Waals surface area contributed by atoms with E-state index in [4.69, 9.17) is 4.74 Å². The lowest BCUT2D eigenvalue weighted by Gasteiger charge is -2.16. The van der Waals surface area contributed by atoms with E-state index in [9.17, 15) is 24.3 Å². The van der Waals surface area contributed by atoms with Gasteiger partial charge in [0.1, 0.15) is 5.75 Å². The number of phenolic OH excluding ortho intramolecular Hbond substituents is 1. The highest BCUT2D eigenvalue weighted by atomic mass is 16.5. The van der Waals surface area contributed by atoms with Gasteiger partial charge in [0.2, 0.25) is 0 Å². The van der Waals surface area contributed by atoms with E-state index in [0.717, 1.165) is 19.8 Å². The van der Waals surface area contributed by atoms with Crippen molar-refractivity contribution in [3.63, 3.8) is 0 Å². The average molecular weight is 367 g/mol. The Hall–Kier alpha value is -3.10. The molecule has 1 aromatic rings. The number of phenols is 1. The van der Waals surface area contributed by atoms with Crippen LogP contribution in [0.25, 0.3) is 0 Å². The maximum absolute atomic E-state index is 11.9. The van der Waals surface area contributed by atoms with Crippen molar-refractivity contribution in [1.29, 1.82) is 0 Å². The number of rotatable bonds is 8. The van der Waals surface area contributed by atoms with E-state index in [-0.39, 0.29) is 25.2 Å². The smallest absolute Gasteiger partial charge is 0.396 e. The Labute approximate surface area is 150 Å². The molecule has 142 valence electrons. The van der Waals surface area contributed by atoms with Crippen LogP contribution < -0.4 is 5.32 Å². The monoisotopic (exact) mass is 367 g/mol. The summed E-state index contributed by atoms with van der Waals surface area (Å²) in [6, 6.07) is 5.47. The molecule has 0 aliphatic rings. The van der Waals surface area contributed by atoms with Crippen molar-refractivity contribution in [2.24, 2.45) is 0 Å². The van der Waals surface area contributed by atoms with Gasteiger partial charge in [0.15, 0.2) is 0 Å². The van der Waals surface area contributed by atoms with Gasteiger partial charge in [-0.15, -0.1) is 0 Å². The SMILES string of the molecule is COC(=O)C[C@@H](CC(=O)OCCc1ccc(O)cc1)NC(=O)C(=O)OC. The summed E-state index contributed by atoms with van der Waals surface area (Å²) in [4.78, 5) is 46.0. The molecule has 0 heterocycles. The summed E-state index contributed by atoms with van der Waals surface area (Å²) in [5.41, 5.74) is 0.862. The molecular formula is C17H21NO8. The van der Waals surface area contributed by atoms with Crippen LogP contribution in [0.5, 0.6) is 5.75 Å². The number of amides is 1. The number of carbonyl (C=O) groups is 4. The van der Waals surface area contributed by atoms with Crippen molar-refractivity contribution in [1.82, 2.24) is 5.32 Å². The van der Waals surface area contributed by atoms with Gasteiger partial charge < -0.3 is 24.6 Å². The van der Waals surface area contributed by atoms with Crippen LogP contribution in [0.15, 0.2) is 24.3 Å². The number of hydrogen-bond donors (Lipinski definition) is 2. The summed E-state index contributed by atoms with van der Waals surface area (Å²) >= 11 is 0. The van der Waals surface area contributed by atoms with Gasteiger partial charge in [0.05, 0.1) is 39.7 Å². The molecule has 0 aliphatic heterocycles. The van der Waals surface area contributed by atoms with Crippen LogP contribution in [0.2, 0.25) is 0 Å². The average Bonchev–Trinajstić information content (AvgIpc) is 2.62. The van der Waals surface area contributed by atoms with Crippen LogP contribution in [-0.2, 0) is 39.8 Å². The molecule has 0 bridgehead atoms. The zero-order chi connectivity index (χ0) is 19.5. The molecule has 26 heavy (non-hydrogen) atoms. The van der Waals surface area contributed by atoms with Crippen molar-refractivity contribution in [3.8, 4) is 5.75 Å². The third-order valence-corrected chi connectivity index (χ3v) is 3.35. The molecule has 1 amide bonds. The molecule has 0 aliphatic carbocycles. The topological polar surface area (TPSA) is 128 Å². The second-order valence-corrected chi connectivity index (χ2v) is 5.28. The first kappa shape index (κ1) is 20.9. The molecule has 0 spiro atoms. The standard InChI is InChI=1S/C17H21NO8/c1-24-14(20)9-12(18-16(22)17(23)25-2)10-15(21)26-8-7-11-3-5-13(19)6-4-11/h3-6,12,19H,7-10H2,1-2H3,(H,18,22)/t12-/m0/s1. The Balaban J connectivity index is 2.52. The molecule has 9 heteroatoms. The molecule has 1 aromatic carbocycles. The fourth-order valence-electron chi connectivity index (χ4n) is 2.00. The van der Waals surface area contributed by atoms with Crippen LogP contribution >= 0.6 is 0 Å². The molecule has 1 rings (SSSR count). The third kappa shape index (κ3) is 7.65. The molecular weight excluding hydrogens is 346 g/mol. The summed E-state index contributed by atoms with van der Waals surface area (Å²) in [6.07, 6.45) is -0.179. The summed E-state index contributed by atoms with van der Waals surface area (Å²) < 4.78 is 13.8. The third-order valence-electron chi connectivity index (χ3n) is 3.35. The van der Waals surface area contributed by atoms with Gasteiger partial charge in [-0.05, 0) is 17.7 Å². The number of methoxy groups -OCH3 is 2. The number of carbonyl (C=O) groups excluding carboxylic acids is 4. The lowest BCUT2D eigenvalue weighted by Crippen LogP contribution is -2.42. The zero-order valence-electron chi connectivity index (χ0n) is 14.5. The largest absolute Gasteiger partial charge is 0.508 e. The predicted molar refractivity (Wildman–Crippen MR) is 88.0 cm³/mol. The van der Waals surface area contributed by atoms with E-state index >= 15 is 0 Å². The molecule has 2 N–H and O–H groups in total. The second kappa shape index (κ2) is 10.7. The van der Waals surface area contributed by atoms with E-state index < -0.39 is 29.9 Å². The van der Waals surface area contributed by atoms with Crippen molar-refractivity contribution in [2.45, 2.75) is 25.3 Å². The van der Waals surface area contributed by atoms with Gasteiger partial charge in [-0.3, -0.25) is 14.4 Å². The van der Waals surface area contributed by atoms with E-state index in [2.05, 4.69) is 14.8 Å². The Morgan fingerprint density at radius 2 is 1.62 bits per heavy atom. The van der Waals surface area contributed by atoms with Crippen LogP contribution in [0.1, 0.15) is 18.4 Å². The summed E-state index contributed by atoms with van der Waals surface area (Å²) in [7, 11) is 2.20. The van der Waals surface area contributed by atoms with Crippen LogP contribution in [0, 0.1) is 0 Å². The van der Waals surface area contributed by atoms with Crippen molar-refractivity contribution < 1.29 is 38.5 Å². The molecule has 0 saturated heterocycles. The minimum atomic E-state index is -1.14. The van der Waals surface area contributed by atoms with Crippen LogP contribution in [0.3, 0.4) is 0 Å². The molecule has 0 unspecified atom stereocenters. The van der Waals surface area contributed by atoms with Gasteiger partial charge >= 0.3 is 23.8 Å². The highest BCUT2D eigenvalue weighted by Gasteiger charge is 2.24. The molecule has 0 aromatic heterocycles. The fraction of sp³-hybridized carbons (Fsp3) is 0.412. The molecule has 0 radical (unpaired) electrons. The number of nitrogens with one attached hydrogen (secondary N) is 1. The number of esters is 3. The quantitative estimate of drug-likeness (QED) is 0.376. The van der Waals surface area contributed by atoms with Gasteiger partial charge in [0.25, 0.3) is 0 Å². The first-order chi connectivity index (χ1) is 12.3. The van der Waals surface area contributed by atoms with E-state index in [1.807, 2.05) is 0 Å². The predicted octanol–water partition coefficient (Wildman–Crippen LogP) is 0.0889. The van der Waals surface area contributed by atoms with Gasteiger partial charge in [-0.1, -0.05) is 12.1 Å². The van der Waals surface area contributed by atoms with Crippen molar-refractivity contribution in [3.05, 3.63) is 29.8 Å². The first-order valence-corrected chi connectivity index (χ1v) is 7.74. The Morgan fingerprint density at radius 3 is 2.19 bits per heavy atom. The normalized spacial score (nSPS) is 11.2. The Bertz CT molecular complexity index is 641. The maximum atomic E-state index is 11.9. The Kier molecular flexibility index (Phi) is 8.62. The summed E-state index contributed by atoms with van der Waals surface area (Å²) in [5, 5.41) is 11.4. The number of benzene rings is 1.